The number of carbonyl (C=O) groups is 2. The monoisotopic (exact) mass is 339 g/mol. The molecule has 7 heteroatoms. The number of benzene rings is 1. The topological polar surface area (TPSA) is 70.7 Å². The van der Waals surface area contributed by atoms with Crippen LogP contribution in [-0.4, -0.2) is 44.3 Å². The Kier molecular flexibility index (Phi) is 6.67. The summed E-state index contributed by atoms with van der Waals surface area (Å²) in [7, 11) is 0. The molecule has 0 spiro atoms. The number of carbonyl (C=O) groups excluding carboxylic acids is 2. The van der Waals surface area contributed by atoms with Gasteiger partial charge in [-0.15, -0.1) is 0 Å². The van der Waals surface area contributed by atoms with Gasteiger partial charge < -0.3 is 20.3 Å². The molecule has 3 amide bonds. The largest absolute Gasteiger partial charge is 0.382 e. The van der Waals surface area contributed by atoms with Crippen molar-refractivity contribution in [3.05, 3.63) is 29.3 Å². The number of rotatable bonds is 7. The molecule has 6 nitrogen and oxygen atoms in total. The molecule has 1 atom stereocenters. The second kappa shape index (κ2) is 8.74. The van der Waals surface area contributed by atoms with Crippen LogP contribution in [0, 0.1) is 0 Å². The van der Waals surface area contributed by atoms with E-state index in [0.29, 0.717) is 37.7 Å². The first kappa shape index (κ1) is 17.6. The van der Waals surface area contributed by atoms with E-state index in [-0.39, 0.29) is 18.0 Å². The minimum Gasteiger partial charge on any atom is -0.382 e. The van der Waals surface area contributed by atoms with Crippen molar-refractivity contribution in [2.75, 3.05) is 31.2 Å². The fourth-order valence-corrected chi connectivity index (χ4v) is 2.56. The fraction of sp³-hybridized carbons (Fsp3) is 0.500. The Balaban J connectivity index is 1.76. The lowest BCUT2D eigenvalue weighted by Crippen LogP contribution is -2.43. The molecule has 1 aliphatic heterocycles. The zero-order valence-corrected chi connectivity index (χ0v) is 13.9. The molecular weight excluding hydrogens is 318 g/mol. The van der Waals surface area contributed by atoms with Gasteiger partial charge in [-0.25, -0.2) is 4.79 Å². The molecule has 1 aromatic rings. The van der Waals surface area contributed by atoms with Crippen LogP contribution in [0.5, 0.6) is 0 Å². The molecule has 2 N–H and O–H groups in total. The first-order chi connectivity index (χ1) is 11.1. The Hall–Kier alpha value is -1.79. The van der Waals surface area contributed by atoms with Crippen molar-refractivity contribution < 1.29 is 14.3 Å². The van der Waals surface area contributed by atoms with Crippen molar-refractivity contribution >= 4 is 29.2 Å². The molecule has 1 heterocycles. The van der Waals surface area contributed by atoms with E-state index < -0.39 is 0 Å². The predicted molar refractivity (Wildman–Crippen MR) is 89.9 cm³/mol. The van der Waals surface area contributed by atoms with Gasteiger partial charge in [0.1, 0.15) is 0 Å². The van der Waals surface area contributed by atoms with Crippen LogP contribution in [0.1, 0.15) is 19.8 Å². The Morgan fingerprint density at radius 2 is 2.13 bits per heavy atom. The van der Waals surface area contributed by atoms with Crippen molar-refractivity contribution in [2.45, 2.75) is 25.8 Å². The summed E-state index contributed by atoms with van der Waals surface area (Å²) in [5.41, 5.74) is 0.792. The van der Waals surface area contributed by atoms with E-state index in [1.165, 1.54) is 0 Å². The third-order valence-corrected chi connectivity index (χ3v) is 3.81. The van der Waals surface area contributed by atoms with Crippen LogP contribution in [0.2, 0.25) is 5.02 Å². The Morgan fingerprint density at radius 3 is 2.83 bits per heavy atom. The van der Waals surface area contributed by atoms with Crippen LogP contribution in [0.4, 0.5) is 10.5 Å². The first-order valence-corrected chi connectivity index (χ1v) is 8.16. The van der Waals surface area contributed by atoms with E-state index in [1.807, 2.05) is 6.92 Å². The van der Waals surface area contributed by atoms with Crippen LogP contribution in [0.25, 0.3) is 0 Å². The van der Waals surface area contributed by atoms with Gasteiger partial charge in [0.2, 0.25) is 5.91 Å². The van der Waals surface area contributed by atoms with Gasteiger partial charge >= 0.3 is 6.03 Å². The lowest BCUT2D eigenvalue weighted by Gasteiger charge is -2.17. The third-order valence-electron chi connectivity index (χ3n) is 3.55. The van der Waals surface area contributed by atoms with Crippen molar-refractivity contribution in [2.24, 2.45) is 0 Å². The average Bonchev–Trinajstić information content (AvgIpc) is 2.88. The van der Waals surface area contributed by atoms with E-state index in [9.17, 15) is 9.59 Å². The maximum atomic E-state index is 12.1. The van der Waals surface area contributed by atoms with Crippen molar-refractivity contribution in [3.63, 3.8) is 0 Å². The predicted octanol–water partition coefficient (Wildman–Crippen LogP) is 2.17. The maximum absolute atomic E-state index is 12.1. The van der Waals surface area contributed by atoms with E-state index in [2.05, 4.69) is 10.6 Å². The van der Waals surface area contributed by atoms with Gasteiger partial charge in [-0.1, -0.05) is 11.6 Å². The highest BCUT2D eigenvalue weighted by Gasteiger charge is 2.31. The third kappa shape index (κ3) is 5.41. The molecule has 0 radical (unpaired) electrons. The van der Waals surface area contributed by atoms with Crippen LogP contribution in [0.15, 0.2) is 24.3 Å². The second-order valence-corrected chi connectivity index (χ2v) is 5.77. The SMILES string of the molecule is CCOCCCNC(=O)N[C@@H]1CC(=O)N(c2ccc(Cl)cc2)C1. The summed E-state index contributed by atoms with van der Waals surface area (Å²) in [5, 5.41) is 6.23. The van der Waals surface area contributed by atoms with Gasteiger partial charge in [-0.05, 0) is 37.6 Å². The Morgan fingerprint density at radius 1 is 1.39 bits per heavy atom. The maximum Gasteiger partial charge on any atom is 0.315 e. The van der Waals surface area contributed by atoms with E-state index in [1.54, 1.807) is 29.2 Å². The molecule has 0 aromatic heterocycles. The highest BCUT2D eigenvalue weighted by atomic mass is 35.5. The number of nitrogens with one attached hydrogen (secondary N) is 2. The molecule has 0 unspecified atom stereocenters. The van der Waals surface area contributed by atoms with Crippen LogP contribution in [-0.2, 0) is 9.53 Å². The lowest BCUT2D eigenvalue weighted by molar-refractivity contribution is -0.117. The van der Waals surface area contributed by atoms with Gasteiger partial charge in [0.25, 0.3) is 0 Å². The second-order valence-electron chi connectivity index (χ2n) is 5.33. The zero-order valence-electron chi connectivity index (χ0n) is 13.2. The molecule has 23 heavy (non-hydrogen) atoms. The van der Waals surface area contributed by atoms with Gasteiger partial charge in [-0.2, -0.15) is 0 Å². The lowest BCUT2D eigenvalue weighted by atomic mass is 10.2. The summed E-state index contributed by atoms with van der Waals surface area (Å²) < 4.78 is 5.20. The molecule has 1 aromatic carbocycles. The minimum atomic E-state index is -0.253. The molecule has 0 bridgehead atoms. The number of amides is 3. The number of urea groups is 1. The number of hydrogen-bond acceptors (Lipinski definition) is 3. The summed E-state index contributed by atoms with van der Waals surface area (Å²) in [6, 6.07) is 6.65. The van der Waals surface area contributed by atoms with Gasteiger partial charge in [0.05, 0.1) is 6.04 Å². The number of nitrogens with zero attached hydrogens (tertiary/aromatic N) is 1. The van der Waals surface area contributed by atoms with Crippen molar-refractivity contribution in [3.8, 4) is 0 Å². The molecule has 126 valence electrons. The summed E-state index contributed by atoms with van der Waals surface area (Å²) in [5.74, 6) is -0.00558. The van der Waals surface area contributed by atoms with E-state index >= 15 is 0 Å². The highest BCUT2D eigenvalue weighted by molar-refractivity contribution is 6.30. The summed E-state index contributed by atoms with van der Waals surface area (Å²) >= 11 is 5.85. The number of hydrogen-bond donors (Lipinski definition) is 2. The van der Waals surface area contributed by atoms with E-state index in [4.69, 9.17) is 16.3 Å². The van der Waals surface area contributed by atoms with Crippen LogP contribution in [0.3, 0.4) is 0 Å². The first-order valence-electron chi connectivity index (χ1n) is 7.78. The Bertz CT molecular complexity index is 536. The molecule has 0 aliphatic carbocycles. The molecule has 1 aliphatic rings. The summed E-state index contributed by atoms with van der Waals surface area (Å²) in [6.45, 7) is 4.25. The zero-order chi connectivity index (χ0) is 16.7. The quantitative estimate of drug-likeness (QED) is 0.748. The molecule has 1 saturated heterocycles. The fourth-order valence-electron chi connectivity index (χ4n) is 2.43. The standard InChI is InChI=1S/C16H22ClN3O3/c1-2-23-9-3-8-18-16(22)19-13-10-15(21)20(11-13)14-6-4-12(17)5-7-14/h4-7,13H,2-3,8-11H2,1H3,(H2,18,19,22)/t13-/m1/s1. The minimum absolute atomic E-state index is 0.00558. The van der Waals surface area contributed by atoms with E-state index in [0.717, 1.165) is 12.1 Å². The normalized spacial score (nSPS) is 17.4. The van der Waals surface area contributed by atoms with Gasteiger partial charge in [-0.3, -0.25) is 4.79 Å². The van der Waals surface area contributed by atoms with Crippen LogP contribution < -0.4 is 15.5 Å². The highest BCUT2D eigenvalue weighted by Crippen LogP contribution is 2.23. The number of ether oxygens (including phenoxy) is 1. The van der Waals surface area contributed by atoms with Gasteiger partial charge in [0.15, 0.2) is 0 Å². The molecule has 1 fully saturated rings. The molecule has 0 saturated carbocycles. The smallest absolute Gasteiger partial charge is 0.315 e. The van der Waals surface area contributed by atoms with Gasteiger partial charge in [0, 0.05) is 43.4 Å². The Labute approximate surface area is 141 Å². The van der Waals surface area contributed by atoms with Crippen molar-refractivity contribution in [1.29, 1.82) is 0 Å². The average molecular weight is 340 g/mol. The molecular formula is C16H22ClN3O3. The number of anilines is 1. The van der Waals surface area contributed by atoms with Crippen LogP contribution >= 0.6 is 11.6 Å². The number of halogens is 1. The summed E-state index contributed by atoms with van der Waals surface area (Å²) in [6.07, 6.45) is 1.07. The summed E-state index contributed by atoms with van der Waals surface area (Å²) in [4.78, 5) is 25.6. The molecule has 2 rings (SSSR count). The van der Waals surface area contributed by atoms with Crippen molar-refractivity contribution in [1.82, 2.24) is 10.6 Å².